The Morgan fingerprint density at radius 3 is 2.38 bits per heavy atom. The molecule has 14 heteroatoms. The Morgan fingerprint density at radius 1 is 1.09 bits per heavy atom. The van der Waals surface area contributed by atoms with Crippen LogP contribution in [0.4, 0.5) is 11.8 Å². The molecule has 0 saturated carbocycles. The van der Waals surface area contributed by atoms with E-state index in [0.29, 0.717) is 42.3 Å². The fourth-order valence-electron chi connectivity index (χ4n) is 5.90. The number of nitrogens with zero attached hydrogens (tertiary/aromatic N) is 7. The van der Waals surface area contributed by atoms with Crippen molar-refractivity contribution in [2.75, 3.05) is 30.0 Å². The third kappa shape index (κ3) is 6.66. The number of aromatic amines is 1. The zero-order valence-electron chi connectivity index (χ0n) is 26.5. The van der Waals surface area contributed by atoms with E-state index >= 15 is 0 Å². The number of aryl methyl sites for hydroxylation is 1. The maximum absolute atomic E-state index is 11.5. The fourth-order valence-corrected chi connectivity index (χ4v) is 5.90. The Bertz CT molecular complexity index is 1730. The molecule has 14 nitrogen and oxygen atoms in total. The van der Waals surface area contributed by atoms with Gasteiger partial charge in [0.1, 0.15) is 18.7 Å². The van der Waals surface area contributed by atoms with E-state index in [1.807, 2.05) is 57.2 Å². The first-order valence-corrected chi connectivity index (χ1v) is 15.7. The molecular weight excluding hydrogens is 602 g/mol. The number of carbonyl (C=O) groups excluding carboxylic acids is 1. The van der Waals surface area contributed by atoms with Crippen LogP contribution in [0.5, 0.6) is 0 Å². The van der Waals surface area contributed by atoms with Gasteiger partial charge in [0, 0.05) is 25.4 Å². The second-order valence-electron chi connectivity index (χ2n) is 11.8. The number of fused-ring (bicyclic) bond motifs is 1. The summed E-state index contributed by atoms with van der Waals surface area (Å²) in [5.41, 5.74) is 3.06. The molecule has 0 radical (unpaired) electrons. The minimum Gasteiger partial charge on any atom is -0.458 e. The molecule has 1 saturated heterocycles. The first-order chi connectivity index (χ1) is 22.9. The topological polar surface area (TPSA) is 176 Å². The molecule has 1 aliphatic rings. The minimum atomic E-state index is -1.30. The van der Waals surface area contributed by atoms with Crippen LogP contribution in [0.3, 0.4) is 0 Å². The summed E-state index contributed by atoms with van der Waals surface area (Å²) in [6.07, 6.45) is -2.26. The van der Waals surface area contributed by atoms with Gasteiger partial charge in [-0.25, -0.2) is 9.97 Å². The predicted molar refractivity (Wildman–Crippen MR) is 173 cm³/mol. The number of nitrogens with one attached hydrogen (secondary N) is 2. The van der Waals surface area contributed by atoms with Crippen molar-refractivity contribution in [2.24, 2.45) is 5.92 Å². The molecule has 3 aromatic heterocycles. The molecule has 2 aromatic carbocycles. The van der Waals surface area contributed by atoms with Crippen LogP contribution in [0.2, 0.25) is 0 Å². The van der Waals surface area contributed by atoms with E-state index in [0.717, 1.165) is 11.1 Å². The molecule has 1 aliphatic heterocycles. The highest BCUT2D eigenvalue weighted by Crippen LogP contribution is 2.41. The summed E-state index contributed by atoms with van der Waals surface area (Å²) in [6.45, 7) is 6.95. The average Bonchev–Trinajstić information content (AvgIpc) is 3.82. The number of rotatable bonds is 14. The number of ether oxygens (including phenoxy) is 2. The summed E-state index contributed by atoms with van der Waals surface area (Å²) >= 11 is 0. The minimum absolute atomic E-state index is 0.00563. The van der Waals surface area contributed by atoms with Crippen molar-refractivity contribution in [3.05, 3.63) is 89.8 Å². The van der Waals surface area contributed by atoms with Crippen molar-refractivity contribution in [3.63, 3.8) is 0 Å². The second-order valence-corrected chi connectivity index (χ2v) is 11.8. The van der Waals surface area contributed by atoms with Gasteiger partial charge in [-0.15, -0.1) is 0 Å². The molecule has 0 spiro atoms. The van der Waals surface area contributed by atoms with E-state index in [2.05, 4.69) is 49.7 Å². The van der Waals surface area contributed by atoms with Crippen LogP contribution in [0.1, 0.15) is 61.8 Å². The highest BCUT2D eigenvalue weighted by molar-refractivity contribution is 5.84. The monoisotopic (exact) mass is 641 g/mol. The Hall–Kier alpha value is -4.92. The molecule has 0 bridgehead atoms. The summed E-state index contributed by atoms with van der Waals surface area (Å²) in [5, 5.41) is 32.3. The van der Waals surface area contributed by atoms with Crippen molar-refractivity contribution < 1.29 is 24.5 Å². The highest BCUT2D eigenvalue weighted by atomic mass is 16.6. The zero-order chi connectivity index (χ0) is 32.9. The van der Waals surface area contributed by atoms with Gasteiger partial charge in [-0.2, -0.15) is 15.1 Å². The Kier molecular flexibility index (Phi) is 9.71. The molecule has 6 rings (SSSR count). The third-order valence-corrected chi connectivity index (χ3v) is 8.16. The summed E-state index contributed by atoms with van der Waals surface area (Å²) in [6, 6.07) is 20.4. The van der Waals surface area contributed by atoms with E-state index in [1.54, 1.807) is 9.47 Å². The number of anilines is 2. The van der Waals surface area contributed by atoms with Crippen LogP contribution in [0.25, 0.3) is 11.2 Å². The number of hydrogen-bond donors (Lipinski definition) is 4. The quantitative estimate of drug-likeness (QED) is 0.103. The molecule has 4 heterocycles. The lowest BCUT2D eigenvalue weighted by Crippen LogP contribution is -2.32. The molecule has 246 valence electrons. The van der Waals surface area contributed by atoms with Crippen LogP contribution in [0, 0.1) is 5.92 Å². The Morgan fingerprint density at radius 2 is 1.79 bits per heavy atom. The van der Waals surface area contributed by atoms with Crippen LogP contribution in [-0.2, 0) is 20.7 Å². The van der Waals surface area contributed by atoms with Gasteiger partial charge in [0.05, 0.1) is 6.33 Å². The van der Waals surface area contributed by atoms with Crippen molar-refractivity contribution in [1.29, 1.82) is 0 Å². The number of hydrogen-bond acceptors (Lipinski definition) is 12. The molecule has 4 atom stereocenters. The number of aliphatic hydroxyl groups is 2. The van der Waals surface area contributed by atoms with Gasteiger partial charge in [0.15, 0.2) is 41.2 Å². The zero-order valence-corrected chi connectivity index (χ0v) is 26.5. The molecule has 0 aliphatic carbocycles. The normalized spacial score (nSPS) is 19.5. The highest BCUT2D eigenvalue weighted by Gasteiger charge is 2.49. The lowest BCUT2D eigenvalue weighted by Gasteiger charge is -2.24. The molecule has 47 heavy (non-hydrogen) atoms. The van der Waals surface area contributed by atoms with Crippen LogP contribution >= 0.6 is 0 Å². The van der Waals surface area contributed by atoms with Crippen LogP contribution < -0.4 is 10.2 Å². The van der Waals surface area contributed by atoms with E-state index in [-0.39, 0.29) is 36.8 Å². The first kappa shape index (κ1) is 32.0. The van der Waals surface area contributed by atoms with Crippen molar-refractivity contribution in [2.45, 2.75) is 57.6 Å². The van der Waals surface area contributed by atoms with Crippen LogP contribution in [-0.4, -0.2) is 83.4 Å². The Balaban J connectivity index is 1.40. The molecule has 4 N–H and O–H groups in total. The second kappa shape index (κ2) is 14.2. The number of carbonyl (C=O) groups is 1. The molecule has 0 unspecified atom stereocenters. The van der Waals surface area contributed by atoms with Crippen molar-refractivity contribution in [3.8, 4) is 0 Å². The average molecular weight is 642 g/mol. The van der Waals surface area contributed by atoms with E-state index in [4.69, 9.17) is 19.4 Å². The predicted octanol–water partition coefficient (Wildman–Crippen LogP) is 3.34. The number of aromatic nitrogens is 7. The number of benzene rings is 2. The summed E-state index contributed by atoms with van der Waals surface area (Å²) < 4.78 is 13.2. The van der Waals surface area contributed by atoms with Gasteiger partial charge in [0.25, 0.3) is 6.47 Å². The Labute approximate surface area is 271 Å². The van der Waals surface area contributed by atoms with Gasteiger partial charge in [-0.1, -0.05) is 81.4 Å². The summed E-state index contributed by atoms with van der Waals surface area (Å²) in [7, 11) is 0. The largest absolute Gasteiger partial charge is 0.458 e. The SMILES string of the molecule is CCc1nc([C@H]2O[C@@H](n3cnc4c(NCC(c5ccccc5)c5ccccc5)nc(N(CO)CC(C)C)nc43)[C@H](O)[C@@H]2OC=O)n[nH]1. The van der Waals surface area contributed by atoms with Gasteiger partial charge < -0.3 is 29.9 Å². The standard InChI is InChI=1S/C33H39N9O5/c1-4-24-36-30(40-39-24)28-27(46-19-44)26(45)32(47-28)42-17-35-25-29(37-33(38-31(25)42)41(18-43)16-20(2)3)34-15-23(21-11-7-5-8-12-21)22-13-9-6-10-14-22/h5-14,17,19-20,23,26-28,32,43,45H,4,15-16,18H2,1-3H3,(H,34,37,38)(H,36,39,40)/t26-,27+,28+,32-/m1/s1. The smallest absolute Gasteiger partial charge is 0.293 e. The number of H-pyrrole nitrogens is 1. The summed E-state index contributed by atoms with van der Waals surface area (Å²) in [4.78, 5) is 31.9. The fraction of sp³-hybridized carbons (Fsp3) is 0.394. The van der Waals surface area contributed by atoms with E-state index < -0.39 is 24.5 Å². The maximum atomic E-state index is 11.5. The van der Waals surface area contributed by atoms with E-state index in [9.17, 15) is 15.0 Å². The third-order valence-electron chi connectivity index (χ3n) is 8.16. The van der Waals surface area contributed by atoms with Gasteiger partial charge in [-0.3, -0.25) is 14.5 Å². The van der Waals surface area contributed by atoms with Gasteiger partial charge in [-0.05, 0) is 17.0 Å². The van der Waals surface area contributed by atoms with Crippen molar-refractivity contribution in [1.82, 2.24) is 34.7 Å². The summed E-state index contributed by atoms with van der Waals surface area (Å²) in [5.74, 6) is 1.82. The molecule has 1 fully saturated rings. The molecule has 0 amide bonds. The van der Waals surface area contributed by atoms with Crippen LogP contribution in [0.15, 0.2) is 67.0 Å². The van der Waals surface area contributed by atoms with Gasteiger partial charge >= 0.3 is 0 Å². The van der Waals surface area contributed by atoms with Crippen molar-refractivity contribution >= 4 is 29.4 Å². The van der Waals surface area contributed by atoms with E-state index in [1.165, 1.54) is 6.33 Å². The number of imidazole rings is 1. The first-order valence-electron chi connectivity index (χ1n) is 15.7. The lowest BCUT2D eigenvalue weighted by molar-refractivity contribution is -0.140. The lowest BCUT2D eigenvalue weighted by atomic mass is 9.91. The number of aliphatic hydroxyl groups excluding tert-OH is 2. The molecular formula is C33H39N9O5. The molecule has 5 aromatic rings. The van der Waals surface area contributed by atoms with Gasteiger partial charge in [0.2, 0.25) is 5.95 Å². The maximum Gasteiger partial charge on any atom is 0.293 e.